The molecule has 1 heterocycles. The molecule has 198 valence electrons. The van der Waals surface area contributed by atoms with Gasteiger partial charge in [0, 0.05) is 29.4 Å². The first kappa shape index (κ1) is 27.1. The number of nitrogens with one attached hydrogen (secondary N) is 2. The van der Waals surface area contributed by atoms with Crippen LogP contribution in [0.2, 0.25) is 0 Å². The maximum atomic E-state index is 13.7. The van der Waals surface area contributed by atoms with Gasteiger partial charge in [0.1, 0.15) is 0 Å². The van der Waals surface area contributed by atoms with E-state index in [1.54, 1.807) is 19.2 Å². The Balaban J connectivity index is 1.57. The van der Waals surface area contributed by atoms with E-state index < -0.39 is 5.54 Å². The molecule has 3 amide bonds. The molecule has 1 aliphatic rings. The maximum absolute atomic E-state index is 13.7. The molecule has 0 radical (unpaired) electrons. The lowest BCUT2D eigenvalue weighted by molar-refractivity contribution is -0.123. The van der Waals surface area contributed by atoms with E-state index in [1.165, 1.54) is 16.0 Å². The van der Waals surface area contributed by atoms with Crippen LogP contribution in [-0.2, 0) is 23.2 Å². The highest BCUT2D eigenvalue weighted by Crippen LogP contribution is 2.39. The first-order valence-electron chi connectivity index (χ1n) is 13.6. The van der Waals surface area contributed by atoms with Crippen LogP contribution in [-0.4, -0.2) is 31.3 Å². The van der Waals surface area contributed by atoms with E-state index in [4.69, 9.17) is 0 Å². The van der Waals surface area contributed by atoms with Crippen molar-refractivity contribution in [2.24, 2.45) is 0 Å². The number of aryl methyl sites for hydroxylation is 2. The minimum absolute atomic E-state index is 0.0655. The van der Waals surface area contributed by atoms with Gasteiger partial charge in [-0.25, -0.2) is 0 Å². The average Bonchev–Trinajstić information content (AvgIpc) is 3.16. The molecule has 0 aromatic heterocycles. The number of carbonyl (C=O) groups is 3. The summed E-state index contributed by atoms with van der Waals surface area (Å²) in [6.45, 7) is 4.24. The van der Waals surface area contributed by atoms with Gasteiger partial charge in [-0.3, -0.25) is 14.4 Å². The number of likely N-dealkylation sites (N-methyl/N-ethyl adjacent to an activating group) is 1. The number of hydrogen-bond donors (Lipinski definition) is 2. The Bertz CT molecular complexity index is 1280. The lowest BCUT2D eigenvalue weighted by atomic mass is 9.90. The normalized spacial score (nSPS) is 16.3. The number of unbranched alkanes of at least 4 members (excludes halogenated alkanes) is 2. The number of anilines is 1. The smallest absolute Gasteiger partial charge is 0.259 e. The molecule has 0 fully saturated rings. The summed E-state index contributed by atoms with van der Waals surface area (Å²) >= 11 is 0. The SMILES string of the molecule is CCCCc1ccc(C(=O)NCC2(NC(=O)c3ccc(CCCC)cc3)C(=O)N(C)c3ccccc32)cc1. The Kier molecular flexibility index (Phi) is 8.62. The first-order chi connectivity index (χ1) is 18.4. The summed E-state index contributed by atoms with van der Waals surface area (Å²) in [5.74, 6) is -0.942. The van der Waals surface area contributed by atoms with Gasteiger partial charge >= 0.3 is 0 Å². The molecule has 1 aliphatic heterocycles. The number of rotatable bonds is 11. The molecule has 0 aliphatic carbocycles. The number of hydrogen-bond acceptors (Lipinski definition) is 3. The van der Waals surface area contributed by atoms with Crippen molar-refractivity contribution in [3.63, 3.8) is 0 Å². The summed E-state index contributed by atoms with van der Waals surface area (Å²) in [7, 11) is 1.69. The van der Waals surface area contributed by atoms with E-state index in [9.17, 15) is 14.4 Å². The zero-order valence-corrected chi connectivity index (χ0v) is 22.5. The van der Waals surface area contributed by atoms with E-state index in [0.29, 0.717) is 22.4 Å². The van der Waals surface area contributed by atoms with Crippen molar-refractivity contribution in [1.82, 2.24) is 10.6 Å². The van der Waals surface area contributed by atoms with E-state index >= 15 is 0 Å². The molecule has 6 nitrogen and oxygen atoms in total. The zero-order valence-electron chi connectivity index (χ0n) is 22.5. The molecule has 2 N–H and O–H groups in total. The summed E-state index contributed by atoms with van der Waals surface area (Å²) in [6.07, 6.45) is 6.35. The van der Waals surface area contributed by atoms with Crippen LogP contribution in [0.5, 0.6) is 0 Å². The van der Waals surface area contributed by atoms with Gasteiger partial charge in [-0.1, -0.05) is 69.2 Å². The molecule has 0 bridgehead atoms. The zero-order chi connectivity index (χ0) is 27.1. The summed E-state index contributed by atoms with van der Waals surface area (Å²) < 4.78 is 0. The van der Waals surface area contributed by atoms with Crippen LogP contribution in [0.25, 0.3) is 0 Å². The van der Waals surface area contributed by atoms with Gasteiger partial charge in [0.2, 0.25) is 0 Å². The summed E-state index contributed by atoms with van der Waals surface area (Å²) in [6, 6.07) is 22.4. The highest BCUT2D eigenvalue weighted by atomic mass is 16.2. The molecule has 3 aromatic carbocycles. The standard InChI is InChI=1S/C32H37N3O3/c1-4-6-10-23-14-18-25(19-15-23)29(36)33-22-32(27-12-8-9-13-28(27)35(3)31(32)38)34-30(37)26-20-16-24(17-21-26)11-7-5-2/h8-9,12-21H,4-7,10-11,22H2,1-3H3,(H,33,36)(H,34,37). The Labute approximate surface area is 225 Å². The molecule has 0 saturated carbocycles. The summed E-state index contributed by atoms with van der Waals surface area (Å²) in [5, 5.41) is 5.93. The second-order valence-corrected chi connectivity index (χ2v) is 10.0. The van der Waals surface area contributed by atoms with Crippen LogP contribution in [0.15, 0.2) is 72.8 Å². The van der Waals surface area contributed by atoms with E-state index in [-0.39, 0.29) is 24.3 Å². The first-order valence-corrected chi connectivity index (χ1v) is 13.6. The third-order valence-electron chi connectivity index (χ3n) is 7.31. The number of nitrogens with zero attached hydrogens (tertiary/aromatic N) is 1. The highest BCUT2D eigenvalue weighted by molar-refractivity contribution is 6.11. The fraction of sp³-hybridized carbons (Fsp3) is 0.344. The van der Waals surface area contributed by atoms with Crippen LogP contribution in [0.3, 0.4) is 0 Å². The van der Waals surface area contributed by atoms with Crippen molar-refractivity contribution in [1.29, 1.82) is 0 Å². The van der Waals surface area contributed by atoms with Crippen molar-refractivity contribution < 1.29 is 14.4 Å². The Morgan fingerprint density at radius 1 is 0.763 bits per heavy atom. The molecule has 4 rings (SSSR count). The van der Waals surface area contributed by atoms with Crippen molar-refractivity contribution in [2.75, 3.05) is 18.5 Å². The second kappa shape index (κ2) is 12.1. The van der Waals surface area contributed by atoms with Crippen molar-refractivity contribution in [2.45, 2.75) is 57.9 Å². The Morgan fingerprint density at radius 3 is 1.84 bits per heavy atom. The monoisotopic (exact) mass is 511 g/mol. The lowest BCUT2D eigenvalue weighted by Gasteiger charge is -2.30. The predicted octanol–water partition coefficient (Wildman–Crippen LogP) is 5.40. The van der Waals surface area contributed by atoms with Gasteiger partial charge in [-0.2, -0.15) is 0 Å². The lowest BCUT2D eigenvalue weighted by Crippen LogP contribution is -2.58. The molecular formula is C32H37N3O3. The molecule has 0 saturated heterocycles. The van der Waals surface area contributed by atoms with Gasteiger partial charge < -0.3 is 15.5 Å². The van der Waals surface area contributed by atoms with Gasteiger partial charge in [-0.15, -0.1) is 0 Å². The van der Waals surface area contributed by atoms with Crippen LogP contribution in [0.4, 0.5) is 5.69 Å². The molecule has 38 heavy (non-hydrogen) atoms. The molecule has 3 aromatic rings. The third-order valence-corrected chi connectivity index (χ3v) is 7.31. The van der Waals surface area contributed by atoms with E-state index in [1.807, 2.05) is 60.7 Å². The fourth-order valence-electron chi connectivity index (χ4n) is 4.96. The number of carbonyl (C=O) groups excluding carboxylic acids is 3. The van der Waals surface area contributed by atoms with Crippen LogP contribution < -0.4 is 15.5 Å². The van der Waals surface area contributed by atoms with Gasteiger partial charge in [0.05, 0.1) is 6.54 Å². The topological polar surface area (TPSA) is 78.5 Å². The molecule has 6 heteroatoms. The minimum Gasteiger partial charge on any atom is -0.349 e. The van der Waals surface area contributed by atoms with Crippen LogP contribution >= 0.6 is 0 Å². The van der Waals surface area contributed by atoms with Crippen LogP contribution in [0, 0.1) is 0 Å². The average molecular weight is 512 g/mol. The largest absolute Gasteiger partial charge is 0.349 e. The number of amides is 3. The molecule has 1 atom stereocenters. The van der Waals surface area contributed by atoms with Gasteiger partial charge in [-0.05, 0) is 67.1 Å². The number of benzene rings is 3. The Hall–Kier alpha value is -3.93. The highest BCUT2D eigenvalue weighted by Gasteiger charge is 2.51. The fourth-order valence-corrected chi connectivity index (χ4v) is 4.96. The van der Waals surface area contributed by atoms with Crippen molar-refractivity contribution in [3.8, 4) is 0 Å². The van der Waals surface area contributed by atoms with Crippen LogP contribution in [0.1, 0.15) is 76.9 Å². The minimum atomic E-state index is -1.42. The molecule has 0 spiro atoms. The van der Waals surface area contributed by atoms with Gasteiger partial charge in [0.15, 0.2) is 5.54 Å². The summed E-state index contributed by atoms with van der Waals surface area (Å²) in [5.41, 5.74) is 3.31. The predicted molar refractivity (Wildman–Crippen MR) is 151 cm³/mol. The Morgan fingerprint density at radius 2 is 1.29 bits per heavy atom. The van der Waals surface area contributed by atoms with E-state index in [0.717, 1.165) is 38.5 Å². The number of fused-ring (bicyclic) bond motifs is 1. The number of para-hydroxylation sites is 1. The second-order valence-electron chi connectivity index (χ2n) is 10.0. The molecular weight excluding hydrogens is 474 g/mol. The maximum Gasteiger partial charge on any atom is 0.259 e. The summed E-state index contributed by atoms with van der Waals surface area (Å²) in [4.78, 5) is 41.8. The molecule has 1 unspecified atom stereocenters. The quantitative estimate of drug-likeness (QED) is 0.362. The van der Waals surface area contributed by atoms with Gasteiger partial charge in [0.25, 0.3) is 17.7 Å². The van der Waals surface area contributed by atoms with Crippen molar-refractivity contribution in [3.05, 3.63) is 101 Å². The third kappa shape index (κ3) is 5.64. The van der Waals surface area contributed by atoms with Crippen molar-refractivity contribution >= 4 is 23.4 Å². The van der Waals surface area contributed by atoms with E-state index in [2.05, 4.69) is 24.5 Å².